The lowest BCUT2D eigenvalue weighted by Gasteiger charge is -2.16. The number of likely N-dealkylation sites (tertiary alicyclic amines) is 1. The number of methoxy groups -OCH3 is 1. The highest BCUT2D eigenvalue weighted by Crippen LogP contribution is 2.16. The van der Waals surface area contributed by atoms with E-state index in [0.717, 1.165) is 11.1 Å². The number of hydrogen-bond donors (Lipinski definition) is 2. The summed E-state index contributed by atoms with van der Waals surface area (Å²) in [4.78, 5) is 24.4. The van der Waals surface area contributed by atoms with E-state index in [1.54, 1.807) is 12.0 Å². The molecule has 6 heteroatoms. The van der Waals surface area contributed by atoms with Gasteiger partial charge in [-0.2, -0.15) is 0 Å². The molecule has 6 nitrogen and oxygen atoms in total. The van der Waals surface area contributed by atoms with Crippen LogP contribution in [0.3, 0.4) is 0 Å². The van der Waals surface area contributed by atoms with E-state index in [-0.39, 0.29) is 12.6 Å². The Morgan fingerprint density at radius 1 is 1.33 bits per heavy atom. The van der Waals surface area contributed by atoms with Crippen molar-refractivity contribution < 1.29 is 19.4 Å². The normalized spacial score (nSPS) is 17.8. The predicted octanol–water partition coefficient (Wildman–Crippen LogP) is 1.45. The minimum Gasteiger partial charge on any atom is -0.481 e. The largest absolute Gasteiger partial charge is 0.481 e. The molecule has 2 N–H and O–H groups in total. The number of nitrogens with zero attached hydrogens (tertiary/aromatic N) is 1. The first kappa shape index (κ1) is 15.3. The standard InChI is InChI=1S/C15H20N2O4/c1-21-10-12-4-2-11(3-5-12)8-16-15(20)17-7-6-13(9-17)14(18)19/h2-5,13H,6-10H2,1H3,(H,16,20)(H,18,19). The van der Waals surface area contributed by atoms with Gasteiger partial charge in [0.2, 0.25) is 0 Å². The fraction of sp³-hybridized carbons (Fsp3) is 0.467. The van der Waals surface area contributed by atoms with Gasteiger partial charge in [-0.15, -0.1) is 0 Å². The van der Waals surface area contributed by atoms with Crippen molar-refractivity contribution in [2.24, 2.45) is 5.92 Å². The molecule has 1 aliphatic heterocycles. The maximum Gasteiger partial charge on any atom is 0.317 e. The fourth-order valence-corrected chi connectivity index (χ4v) is 2.36. The monoisotopic (exact) mass is 292 g/mol. The Balaban J connectivity index is 1.80. The molecule has 1 aliphatic rings. The SMILES string of the molecule is COCc1ccc(CNC(=O)N2CCC(C(=O)O)C2)cc1. The first-order valence-electron chi connectivity index (χ1n) is 6.92. The maximum atomic E-state index is 12.0. The third-order valence-electron chi connectivity index (χ3n) is 3.60. The topological polar surface area (TPSA) is 78.9 Å². The number of urea groups is 1. The Labute approximate surface area is 123 Å². The molecule has 1 fully saturated rings. The number of rotatable bonds is 5. The molecule has 21 heavy (non-hydrogen) atoms. The van der Waals surface area contributed by atoms with Gasteiger partial charge in [0.15, 0.2) is 0 Å². The number of hydrogen-bond acceptors (Lipinski definition) is 3. The lowest BCUT2D eigenvalue weighted by atomic mass is 10.1. The van der Waals surface area contributed by atoms with Crippen LogP contribution in [0.1, 0.15) is 17.5 Å². The fourth-order valence-electron chi connectivity index (χ4n) is 2.36. The lowest BCUT2D eigenvalue weighted by molar-refractivity contribution is -0.141. The lowest BCUT2D eigenvalue weighted by Crippen LogP contribution is -2.38. The molecule has 1 aromatic rings. The number of carboxylic acids is 1. The van der Waals surface area contributed by atoms with E-state index in [2.05, 4.69) is 5.32 Å². The van der Waals surface area contributed by atoms with Crippen molar-refractivity contribution in [2.75, 3.05) is 20.2 Å². The molecule has 1 aromatic carbocycles. The van der Waals surface area contributed by atoms with Crippen molar-refractivity contribution in [1.29, 1.82) is 0 Å². The van der Waals surface area contributed by atoms with Crippen LogP contribution >= 0.6 is 0 Å². The van der Waals surface area contributed by atoms with E-state index < -0.39 is 11.9 Å². The molecular weight excluding hydrogens is 272 g/mol. The third-order valence-corrected chi connectivity index (χ3v) is 3.60. The number of carboxylic acid groups (broad SMARTS) is 1. The molecule has 0 spiro atoms. The van der Waals surface area contributed by atoms with Gasteiger partial charge >= 0.3 is 12.0 Å². The molecule has 2 amide bonds. The Hall–Kier alpha value is -2.08. The van der Waals surface area contributed by atoms with Gasteiger partial charge in [-0.1, -0.05) is 24.3 Å². The highest BCUT2D eigenvalue weighted by atomic mass is 16.5. The van der Waals surface area contributed by atoms with Crippen molar-refractivity contribution in [1.82, 2.24) is 10.2 Å². The summed E-state index contributed by atoms with van der Waals surface area (Å²) in [5.41, 5.74) is 2.08. The van der Waals surface area contributed by atoms with Crippen LogP contribution in [0.15, 0.2) is 24.3 Å². The Morgan fingerprint density at radius 2 is 2.00 bits per heavy atom. The van der Waals surface area contributed by atoms with Crippen molar-refractivity contribution in [3.8, 4) is 0 Å². The zero-order valence-corrected chi connectivity index (χ0v) is 12.0. The van der Waals surface area contributed by atoms with Gasteiger partial charge in [0.05, 0.1) is 12.5 Å². The van der Waals surface area contributed by atoms with E-state index >= 15 is 0 Å². The molecule has 2 rings (SSSR count). The second-order valence-corrected chi connectivity index (χ2v) is 5.18. The van der Waals surface area contributed by atoms with Crippen molar-refractivity contribution in [2.45, 2.75) is 19.6 Å². The number of ether oxygens (including phenoxy) is 1. The van der Waals surface area contributed by atoms with Crippen LogP contribution < -0.4 is 5.32 Å². The first-order valence-corrected chi connectivity index (χ1v) is 6.92. The Bertz CT molecular complexity index is 501. The highest BCUT2D eigenvalue weighted by molar-refractivity contribution is 5.77. The summed E-state index contributed by atoms with van der Waals surface area (Å²) in [5.74, 6) is -1.27. The molecule has 0 saturated carbocycles. The van der Waals surface area contributed by atoms with Crippen LogP contribution in [0.5, 0.6) is 0 Å². The van der Waals surface area contributed by atoms with Crippen molar-refractivity contribution in [3.63, 3.8) is 0 Å². The summed E-state index contributed by atoms with van der Waals surface area (Å²) < 4.78 is 5.04. The molecule has 114 valence electrons. The summed E-state index contributed by atoms with van der Waals surface area (Å²) in [6.45, 7) is 1.78. The number of carbonyl (C=O) groups excluding carboxylic acids is 1. The van der Waals surface area contributed by atoms with E-state index in [4.69, 9.17) is 9.84 Å². The number of aliphatic carboxylic acids is 1. The minimum atomic E-state index is -0.834. The van der Waals surface area contributed by atoms with E-state index in [9.17, 15) is 9.59 Å². The Morgan fingerprint density at radius 3 is 2.57 bits per heavy atom. The second kappa shape index (κ2) is 7.08. The average Bonchev–Trinajstić information content (AvgIpc) is 2.97. The minimum absolute atomic E-state index is 0.209. The average molecular weight is 292 g/mol. The van der Waals surface area contributed by atoms with Crippen LogP contribution in [0.2, 0.25) is 0 Å². The predicted molar refractivity (Wildman–Crippen MR) is 76.7 cm³/mol. The van der Waals surface area contributed by atoms with E-state index in [1.165, 1.54) is 0 Å². The van der Waals surface area contributed by atoms with Crippen LogP contribution in [0.25, 0.3) is 0 Å². The number of amides is 2. The van der Waals surface area contributed by atoms with E-state index in [0.29, 0.717) is 26.1 Å². The van der Waals surface area contributed by atoms with Gasteiger partial charge in [0.25, 0.3) is 0 Å². The zero-order chi connectivity index (χ0) is 15.2. The quantitative estimate of drug-likeness (QED) is 0.861. The van der Waals surface area contributed by atoms with Crippen LogP contribution in [-0.2, 0) is 22.7 Å². The van der Waals surface area contributed by atoms with Gasteiger partial charge < -0.3 is 20.1 Å². The van der Waals surface area contributed by atoms with Gasteiger partial charge in [-0.05, 0) is 17.5 Å². The van der Waals surface area contributed by atoms with Crippen LogP contribution in [0, 0.1) is 5.92 Å². The van der Waals surface area contributed by atoms with Crippen LogP contribution in [-0.4, -0.2) is 42.2 Å². The molecule has 1 heterocycles. The summed E-state index contributed by atoms with van der Waals surface area (Å²) >= 11 is 0. The molecule has 1 unspecified atom stereocenters. The second-order valence-electron chi connectivity index (χ2n) is 5.18. The number of benzene rings is 1. The zero-order valence-electron chi connectivity index (χ0n) is 12.0. The molecule has 0 aliphatic carbocycles. The number of nitrogens with one attached hydrogen (secondary N) is 1. The molecule has 0 aromatic heterocycles. The van der Waals surface area contributed by atoms with Crippen LogP contribution in [0.4, 0.5) is 4.79 Å². The summed E-state index contributed by atoms with van der Waals surface area (Å²) in [7, 11) is 1.65. The molecular formula is C15H20N2O4. The molecule has 0 radical (unpaired) electrons. The summed E-state index contributed by atoms with van der Waals surface area (Å²) in [5, 5.41) is 11.7. The van der Waals surface area contributed by atoms with Gasteiger partial charge in [0, 0.05) is 26.7 Å². The number of carbonyl (C=O) groups is 2. The summed E-state index contributed by atoms with van der Waals surface area (Å²) in [6.07, 6.45) is 0.522. The smallest absolute Gasteiger partial charge is 0.317 e. The molecule has 1 saturated heterocycles. The van der Waals surface area contributed by atoms with Gasteiger partial charge in [0.1, 0.15) is 0 Å². The molecule has 0 bridgehead atoms. The van der Waals surface area contributed by atoms with Gasteiger partial charge in [-0.25, -0.2) is 4.79 Å². The summed E-state index contributed by atoms with van der Waals surface area (Å²) in [6, 6.07) is 7.60. The van der Waals surface area contributed by atoms with Crippen molar-refractivity contribution in [3.05, 3.63) is 35.4 Å². The van der Waals surface area contributed by atoms with Crippen molar-refractivity contribution >= 4 is 12.0 Å². The first-order chi connectivity index (χ1) is 10.1. The highest BCUT2D eigenvalue weighted by Gasteiger charge is 2.30. The third kappa shape index (κ3) is 4.19. The molecule has 1 atom stereocenters. The maximum absolute atomic E-state index is 12.0. The van der Waals surface area contributed by atoms with Gasteiger partial charge in [-0.3, -0.25) is 4.79 Å². The van der Waals surface area contributed by atoms with E-state index in [1.807, 2.05) is 24.3 Å². The Kier molecular flexibility index (Phi) is 5.16.